The highest BCUT2D eigenvalue weighted by molar-refractivity contribution is 7.92. The third kappa shape index (κ3) is 8.39. The monoisotopic (exact) mass is 633 g/mol. The smallest absolute Gasteiger partial charge is 0.264 e. The van der Waals surface area contributed by atoms with Gasteiger partial charge in [-0.1, -0.05) is 72.3 Å². The summed E-state index contributed by atoms with van der Waals surface area (Å²) in [6.45, 7) is 3.96. The number of carbonyl (C=O) groups excluding carboxylic acids is 2. The Labute approximate surface area is 264 Å². The molecule has 230 valence electrons. The van der Waals surface area contributed by atoms with Gasteiger partial charge >= 0.3 is 0 Å². The van der Waals surface area contributed by atoms with Crippen molar-refractivity contribution in [2.45, 2.75) is 37.8 Å². The molecule has 0 bridgehead atoms. The SMILES string of the molecule is CCNC(=O)[C@H](Cc1ccccc1)N(Cc1cccc(Cl)c1)C(=O)CN(c1ccccc1)S(=O)(=O)c1ccc(OCC)cc1. The van der Waals surface area contributed by atoms with Crippen LogP contribution in [-0.2, 0) is 32.6 Å². The molecule has 4 aromatic carbocycles. The predicted octanol–water partition coefficient (Wildman–Crippen LogP) is 5.71. The highest BCUT2D eigenvalue weighted by Gasteiger charge is 2.34. The number of likely N-dealkylation sites (N-methyl/N-ethyl adjacent to an activating group) is 1. The Morgan fingerprint density at radius 2 is 1.48 bits per heavy atom. The minimum atomic E-state index is -4.20. The van der Waals surface area contributed by atoms with Gasteiger partial charge in [0.1, 0.15) is 18.3 Å². The molecule has 0 saturated carbocycles. The van der Waals surface area contributed by atoms with Crippen molar-refractivity contribution < 1.29 is 22.7 Å². The number of halogens is 1. The summed E-state index contributed by atoms with van der Waals surface area (Å²) in [4.78, 5) is 29.3. The maximum atomic E-state index is 14.4. The standard InChI is InChI=1S/C34H36ClN3O5S/c1-3-36-34(40)32(23-26-12-7-5-8-13-26)37(24-27-14-11-15-28(35)22-27)33(39)25-38(29-16-9-6-10-17-29)44(41,42)31-20-18-30(19-21-31)43-4-2/h5-22,32H,3-4,23-25H2,1-2H3,(H,36,40)/t32-/m0/s1. The summed E-state index contributed by atoms with van der Waals surface area (Å²) in [5.41, 5.74) is 1.87. The number of para-hydroxylation sites is 1. The maximum absolute atomic E-state index is 14.4. The molecular formula is C34H36ClN3O5S. The van der Waals surface area contributed by atoms with Gasteiger partial charge in [-0.15, -0.1) is 0 Å². The Morgan fingerprint density at radius 1 is 0.841 bits per heavy atom. The zero-order valence-corrected chi connectivity index (χ0v) is 26.3. The lowest BCUT2D eigenvalue weighted by Crippen LogP contribution is -2.53. The van der Waals surface area contributed by atoms with E-state index >= 15 is 0 Å². The fourth-order valence-corrected chi connectivity index (χ4v) is 6.43. The summed E-state index contributed by atoms with van der Waals surface area (Å²) in [6, 6.07) is 30.0. The average molecular weight is 634 g/mol. The Bertz CT molecular complexity index is 1630. The topological polar surface area (TPSA) is 96.0 Å². The van der Waals surface area contributed by atoms with Gasteiger partial charge in [-0.25, -0.2) is 8.42 Å². The molecule has 10 heteroatoms. The van der Waals surface area contributed by atoms with Crippen LogP contribution in [0.2, 0.25) is 5.02 Å². The third-order valence-corrected chi connectivity index (χ3v) is 8.93. The van der Waals surface area contributed by atoms with Crippen molar-refractivity contribution in [2.24, 2.45) is 0 Å². The Hall–Kier alpha value is -4.34. The number of benzene rings is 4. The molecule has 0 aromatic heterocycles. The zero-order valence-electron chi connectivity index (χ0n) is 24.7. The van der Waals surface area contributed by atoms with Crippen molar-refractivity contribution in [1.82, 2.24) is 10.2 Å². The van der Waals surface area contributed by atoms with E-state index in [1.54, 1.807) is 67.6 Å². The zero-order chi connectivity index (χ0) is 31.5. The van der Waals surface area contributed by atoms with Crippen molar-refractivity contribution >= 4 is 39.1 Å². The lowest BCUT2D eigenvalue weighted by molar-refractivity contribution is -0.140. The molecule has 44 heavy (non-hydrogen) atoms. The van der Waals surface area contributed by atoms with Crippen LogP contribution in [0.3, 0.4) is 0 Å². The summed E-state index contributed by atoms with van der Waals surface area (Å²) in [5.74, 6) is -0.352. The second-order valence-electron chi connectivity index (χ2n) is 10.0. The lowest BCUT2D eigenvalue weighted by atomic mass is 10.0. The molecule has 4 aromatic rings. The van der Waals surface area contributed by atoms with Crippen LogP contribution < -0.4 is 14.4 Å². The van der Waals surface area contributed by atoms with E-state index in [0.717, 1.165) is 9.87 Å². The minimum Gasteiger partial charge on any atom is -0.494 e. The van der Waals surface area contributed by atoms with E-state index in [9.17, 15) is 18.0 Å². The first kappa shape index (κ1) is 32.6. The molecule has 0 fully saturated rings. The van der Waals surface area contributed by atoms with Gasteiger partial charge in [-0.05, 0) is 73.5 Å². The summed E-state index contributed by atoms with van der Waals surface area (Å²) >= 11 is 6.27. The van der Waals surface area contributed by atoms with Crippen molar-refractivity contribution in [1.29, 1.82) is 0 Å². The number of nitrogens with zero attached hydrogens (tertiary/aromatic N) is 2. The number of ether oxygens (including phenoxy) is 1. The van der Waals surface area contributed by atoms with Crippen LogP contribution in [0.25, 0.3) is 0 Å². The van der Waals surface area contributed by atoms with Crippen molar-refractivity contribution in [3.63, 3.8) is 0 Å². The second-order valence-corrected chi connectivity index (χ2v) is 12.3. The van der Waals surface area contributed by atoms with Crippen LogP contribution >= 0.6 is 11.6 Å². The highest BCUT2D eigenvalue weighted by Crippen LogP contribution is 2.26. The fraction of sp³-hybridized carbons (Fsp3) is 0.235. The third-order valence-electron chi connectivity index (χ3n) is 6.91. The highest BCUT2D eigenvalue weighted by atomic mass is 35.5. The van der Waals surface area contributed by atoms with E-state index in [1.165, 1.54) is 17.0 Å². The largest absolute Gasteiger partial charge is 0.494 e. The Kier molecular flexibility index (Phi) is 11.4. The predicted molar refractivity (Wildman–Crippen MR) is 173 cm³/mol. The van der Waals surface area contributed by atoms with Crippen molar-refractivity contribution in [3.05, 3.63) is 125 Å². The molecule has 0 aliphatic heterocycles. The number of rotatable bonds is 14. The summed E-state index contributed by atoms with van der Waals surface area (Å²) in [6.07, 6.45) is 0.232. The molecular weight excluding hydrogens is 598 g/mol. The number of carbonyl (C=O) groups is 2. The number of sulfonamides is 1. The summed E-state index contributed by atoms with van der Waals surface area (Å²) in [5, 5.41) is 3.34. The molecule has 0 aliphatic carbocycles. The summed E-state index contributed by atoms with van der Waals surface area (Å²) in [7, 11) is -4.20. The van der Waals surface area contributed by atoms with E-state index in [2.05, 4.69) is 5.32 Å². The van der Waals surface area contributed by atoms with Crippen LogP contribution in [0.4, 0.5) is 5.69 Å². The van der Waals surface area contributed by atoms with Crippen LogP contribution in [0.1, 0.15) is 25.0 Å². The molecule has 1 atom stereocenters. The molecule has 0 heterocycles. The van der Waals surface area contributed by atoms with E-state index in [1.807, 2.05) is 43.3 Å². The van der Waals surface area contributed by atoms with Crippen LogP contribution in [-0.4, -0.2) is 50.9 Å². The Morgan fingerprint density at radius 3 is 2.09 bits per heavy atom. The molecule has 4 rings (SSSR count). The lowest BCUT2D eigenvalue weighted by Gasteiger charge is -2.33. The second kappa shape index (κ2) is 15.4. The van der Waals surface area contributed by atoms with Crippen molar-refractivity contribution in [3.8, 4) is 5.75 Å². The first-order valence-electron chi connectivity index (χ1n) is 14.4. The van der Waals surface area contributed by atoms with Crippen LogP contribution in [0.15, 0.2) is 114 Å². The van der Waals surface area contributed by atoms with Crippen LogP contribution in [0.5, 0.6) is 5.75 Å². The molecule has 8 nitrogen and oxygen atoms in total. The van der Waals surface area contributed by atoms with Gasteiger partial charge in [0.15, 0.2) is 0 Å². The average Bonchev–Trinajstić information content (AvgIpc) is 3.03. The van der Waals surface area contributed by atoms with Crippen molar-refractivity contribution in [2.75, 3.05) is 24.0 Å². The van der Waals surface area contributed by atoms with Gasteiger partial charge in [0.25, 0.3) is 10.0 Å². The van der Waals surface area contributed by atoms with Gasteiger partial charge < -0.3 is 15.0 Å². The van der Waals surface area contributed by atoms with Gasteiger partial charge in [-0.2, -0.15) is 0 Å². The molecule has 0 aliphatic rings. The molecule has 0 spiro atoms. The quantitative estimate of drug-likeness (QED) is 0.192. The number of nitrogens with one attached hydrogen (secondary N) is 1. The van der Waals surface area contributed by atoms with Gasteiger partial charge in [-0.3, -0.25) is 13.9 Å². The number of anilines is 1. The first-order valence-corrected chi connectivity index (χ1v) is 16.2. The number of hydrogen-bond donors (Lipinski definition) is 1. The molecule has 2 amide bonds. The number of hydrogen-bond acceptors (Lipinski definition) is 5. The van der Waals surface area contributed by atoms with E-state index in [4.69, 9.17) is 16.3 Å². The summed E-state index contributed by atoms with van der Waals surface area (Å²) < 4.78 is 34.7. The van der Waals surface area contributed by atoms with Gasteiger partial charge in [0.05, 0.1) is 17.2 Å². The molecule has 1 N–H and O–H groups in total. The Balaban J connectivity index is 1.76. The van der Waals surface area contributed by atoms with Gasteiger partial charge in [0, 0.05) is 24.5 Å². The first-order chi connectivity index (χ1) is 21.2. The number of amides is 2. The van der Waals surface area contributed by atoms with E-state index in [-0.39, 0.29) is 23.8 Å². The van der Waals surface area contributed by atoms with E-state index < -0.39 is 28.5 Å². The molecule has 0 radical (unpaired) electrons. The van der Waals surface area contributed by atoms with E-state index in [0.29, 0.717) is 35.2 Å². The molecule has 0 unspecified atom stereocenters. The molecule has 0 saturated heterocycles. The van der Waals surface area contributed by atoms with Gasteiger partial charge in [0.2, 0.25) is 11.8 Å². The normalized spacial score (nSPS) is 11.8. The van der Waals surface area contributed by atoms with Crippen LogP contribution in [0, 0.1) is 0 Å². The maximum Gasteiger partial charge on any atom is 0.264 e. The fourth-order valence-electron chi connectivity index (χ4n) is 4.80. The minimum absolute atomic E-state index is 0.00330.